The number of benzene rings is 2. The van der Waals surface area contributed by atoms with E-state index in [1.807, 2.05) is 0 Å². The fourth-order valence-electron chi connectivity index (χ4n) is 1.74. The van der Waals surface area contributed by atoms with Crippen LogP contribution >= 0.6 is 0 Å². The molecule has 0 unspecified atom stereocenters. The van der Waals surface area contributed by atoms with Crippen molar-refractivity contribution in [3.8, 4) is 16.9 Å². The summed E-state index contributed by atoms with van der Waals surface area (Å²) in [5.41, 5.74) is 1.45. The van der Waals surface area contributed by atoms with Gasteiger partial charge in [-0.15, -0.1) is 0 Å². The van der Waals surface area contributed by atoms with Crippen LogP contribution in [-0.2, 0) is 0 Å². The molecule has 2 N–H and O–H groups in total. The molecule has 0 aromatic heterocycles. The normalized spacial score (nSPS) is 10.3. The number of phenols is 1. The van der Waals surface area contributed by atoms with E-state index in [2.05, 4.69) is 0 Å². The standard InChI is InChI=1S/C14H11FO3/c1-8-12(9-2-4-11(16)5-3-9)6-10(14(17)18)7-13(8)15/h2-7,16H,1H3,(H,17,18). The Morgan fingerprint density at radius 3 is 2.33 bits per heavy atom. The van der Waals surface area contributed by atoms with E-state index in [0.29, 0.717) is 16.7 Å². The summed E-state index contributed by atoms with van der Waals surface area (Å²) in [5, 5.41) is 18.1. The minimum absolute atomic E-state index is 0.0961. The molecule has 18 heavy (non-hydrogen) atoms. The molecule has 3 nitrogen and oxygen atoms in total. The quantitative estimate of drug-likeness (QED) is 0.855. The van der Waals surface area contributed by atoms with Crippen molar-refractivity contribution in [1.82, 2.24) is 0 Å². The lowest BCUT2D eigenvalue weighted by atomic mass is 9.97. The smallest absolute Gasteiger partial charge is 0.335 e. The molecule has 2 rings (SSSR count). The maximum absolute atomic E-state index is 13.7. The van der Waals surface area contributed by atoms with Gasteiger partial charge in [-0.05, 0) is 47.9 Å². The van der Waals surface area contributed by atoms with Gasteiger partial charge in [0.1, 0.15) is 11.6 Å². The zero-order valence-electron chi connectivity index (χ0n) is 9.64. The first-order valence-electron chi connectivity index (χ1n) is 5.32. The molecular formula is C14H11FO3. The van der Waals surface area contributed by atoms with Gasteiger partial charge in [0.15, 0.2) is 0 Å². The number of carboxylic acids is 1. The number of aromatic carboxylic acids is 1. The molecule has 0 heterocycles. The second-order valence-electron chi connectivity index (χ2n) is 3.98. The van der Waals surface area contributed by atoms with Gasteiger partial charge in [-0.25, -0.2) is 9.18 Å². The lowest BCUT2D eigenvalue weighted by Crippen LogP contribution is -2.00. The van der Waals surface area contributed by atoms with Crippen LogP contribution in [0.4, 0.5) is 4.39 Å². The van der Waals surface area contributed by atoms with E-state index in [1.54, 1.807) is 19.1 Å². The minimum Gasteiger partial charge on any atom is -0.508 e. The van der Waals surface area contributed by atoms with Gasteiger partial charge >= 0.3 is 5.97 Å². The Morgan fingerprint density at radius 2 is 1.78 bits per heavy atom. The maximum Gasteiger partial charge on any atom is 0.335 e. The highest BCUT2D eigenvalue weighted by Crippen LogP contribution is 2.28. The third-order valence-electron chi connectivity index (χ3n) is 2.77. The lowest BCUT2D eigenvalue weighted by Gasteiger charge is -2.09. The molecular weight excluding hydrogens is 235 g/mol. The van der Waals surface area contributed by atoms with E-state index in [-0.39, 0.29) is 11.3 Å². The lowest BCUT2D eigenvalue weighted by molar-refractivity contribution is 0.0696. The average molecular weight is 246 g/mol. The molecule has 4 heteroatoms. The summed E-state index contributed by atoms with van der Waals surface area (Å²) in [6.07, 6.45) is 0. The second-order valence-corrected chi connectivity index (χ2v) is 3.98. The van der Waals surface area contributed by atoms with Crippen LogP contribution in [0.3, 0.4) is 0 Å². The number of rotatable bonds is 2. The van der Waals surface area contributed by atoms with Crippen LogP contribution in [0.2, 0.25) is 0 Å². The molecule has 2 aromatic carbocycles. The molecule has 0 bridgehead atoms. The van der Waals surface area contributed by atoms with Crippen molar-refractivity contribution < 1.29 is 19.4 Å². The Balaban J connectivity index is 2.62. The van der Waals surface area contributed by atoms with Gasteiger partial charge in [0.25, 0.3) is 0 Å². The van der Waals surface area contributed by atoms with Crippen molar-refractivity contribution in [2.45, 2.75) is 6.92 Å². The number of halogens is 1. The molecule has 2 aromatic rings. The molecule has 0 radical (unpaired) electrons. The van der Waals surface area contributed by atoms with Crippen molar-refractivity contribution in [1.29, 1.82) is 0 Å². The highest BCUT2D eigenvalue weighted by atomic mass is 19.1. The van der Waals surface area contributed by atoms with E-state index in [9.17, 15) is 14.3 Å². The minimum atomic E-state index is -1.17. The van der Waals surface area contributed by atoms with Gasteiger partial charge < -0.3 is 10.2 Å². The van der Waals surface area contributed by atoms with Gasteiger partial charge in [0.2, 0.25) is 0 Å². The zero-order chi connectivity index (χ0) is 13.3. The number of carboxylic acid groups (broad SMARTS) is 1. The Hall–Kier alpha value is -2.36. The van der Waals surface area contributed by atoms with Gasteiger partial charge in [-0.1, -0.05) is 12.1 Å². The highest BCUT2D eigenvalue weighted by molar-refractivity contribution is 5.90. The predicted molar refractivity (Wildman–Crippen MR) is 65.2 cm³/mol. The van der Waals surface area contributed by atoms with Crippen LogP contribution in [0.5, 0.6) is 5.75 Å². The zero-order valence-corrected chi connectivity index (χ0v) is 9.64. The van der Waals surface area contributed by atoms with Crippen molar-refractivity contribution >= 4 is 5.97 Å². The average Bonchev–Trinajstić information content (AvgIpc) is 2.33. The number of hydrogen-bond donors (Lipinski definition) is 2. The van der Waals surface area contributed by atoms with Crippen LogP contribution in [0, 0.1) is 12.7 Å². The van der Waals surface area contributed by atoms with Gasteiger partial charge in [0.05, 0.1) is 5.56 Å². The molecule has 0 aliphatic rings. The number of phenolic OH excluding ortho intramolecular Hbond substituents is 1. The summed E-state index contributed by atoms with van der Waals surface area (Å²) in [6.45, 7) is 1.59. The Kier molecular flexibility index (Phi) is 3.02. The van der Waals surface area contributed by atoms with Gasteiger partial charge in [-0.3, -0.25) is 0 Å². The molecule has 0 amide bonds. The van der Waals surface area contributed by atoms with E-state index in [0.717, 1.165) is 6.07 Å². The van der Waals surface area contributed by atoms with Crippen LogP contribution < -0.4 is 0 Å². The van der Waals surface area contributed by atoms with Crippen molar-refractivity contribution in [2.75, 3.05) is 0 Å². The van der Waals surface area contributed by atoms with Crippen LogP contribution in [0.15, 0.2) is 36.4 Å². The number of carbonyl (C=O) groups is 1. The monoisotopic (exact) mass is 246 g/mol. The molecule has 92 valence electrons. The molecule has 0 saturated carbocycles. The van der Waals surface area contributed by atoms with Crippen molar-refractivity contribution in [2.24, 2.45) is 0 Å². The summed E-state index contributed by atoms with van der Waals surface area (Å²) < 4.78 is 13.7. The summed E-state index contributed by atoms with van der Waals surface area (Å²) in [6, 6.07) is 8.60. The first-order valence-corrected chi connectivity index (χ1v) is 5.32. The van der Waals surface area contributed by atoms with E-state index in [1.165, 1.54) is 18.2 Å². The molecule has 0 aliphatic heterocycles. The summed E-state index contributed by atoms with van der Waals surface area (Å²) in [7, 11) is 0. The fourth-order valence-corrected chi connectivity index (χ4v) is 1.74. The second kappa shape index (κ2) is 4.49. The van der Waals surface area contributed by atoms with Crippen molar-refractivity contribution in [3.05, 3.63) is 53.3 Å². The molecule has 0 saturated heterocycles. The molecule has 0 atom stereocenters. The fraction of sp³-hybridized carbons (Fsp3) is 0.0714. The third kappa shape index (κ3) is 2.18. The van der Waals surface area contributed by atoms with E-state index >= 15 is 0 Å². The molecule has 0 fully saturated rings. The van der Waals surface area contributed by atoms with E-state index in [4.69, 9.17) is 5.11 Å². The largest absolute Gasteiger partial charge is 0.508 e. The first kappa shape index (κ1) is 12.1. The summed E-state index contributed by atoms with van der Waals surface area (Å²) in [4.78, 5) is 10.9. The maximum atomic E-state index is 13.7. The molecule has 0 spiro atoms. The van der Waals surface area contributed by atoms with Crippen LogP contribution in [0.1, 0.15) is 15.9 Å². The van der Waals surface area contributed by atoms with Crippen molar-refractivity contribution in [3.63, 3.8) is 0 Å². The Bertz CT molecular complexity index is 603. The van der Waals surface area contributed by atoms with E-state index < -0.39 is 11.8 Å². The van der Waals surface area contributed by atoms with Gasteiger partial charge in [0, 0.05) is 0 Å². The summed E-state index contributed by atoms with van der Waals surface area (Å²) in [5.74, 6) is -1.63. The first-order chi connectivity index (χ1) is 8.49. The van der Waals surface area contributed by atoms with Crippen LogP contribution in [-0.4, -0.2) is 16.2 Å². The Morgan fingerprint density at radius 1 is 1.17 bits per heavy atom. The Labute approximate surface area is 103 Å². The molecule has 0 aliphatic carbocycles. The number of aromatic hydroxyl groups is 1. The highest BCUT2D eigenvalue weighted by Gasteiger charge is 2.12. The van der Waals surface area contributed by atoms with Gasteiger partial charge in [-0.2, -0.15) is 0 Å². The van der Waals surface area contributed by atoms with Crippen LogP contribution in [0.25, 0.3) is 11.1 Å². The predicted octanol–water partition coefficient (Wildman–Crippen LogP) is 3.20. The topological polar surface area (TPSA) is 57.5 Å². The third-order valence-corrected chi connectivity index (χ3v) is 2.77. The summed E-state index contributed by atoms with van der Waals surface area (Å²) >= 11 is 0. The SMILES string of the molecule is Cc1c(F)cc(C(=O)O)cc1-c1ccc(O)cc1. The number of hydrogen-bond acceptors (Lipinski definition) is 2.